The summed E-state index contributed by atoms with van der Waals surface area (Å²) >= 11 is 0. The zero-order valence-electron chi connectivity index (χ0n) is 9.59. The quantitative estimate of drug-likeness (QED) is 0.637. The Morgan fingerprint density at radius 3 is 2.40 bits per heavy atom. The molecule has 0 spiro atoms. The van der Waals surface area contributed by atoms with Crippen LogP contribution in [0.2, 0.25) is 0 Å². The summed E-state index contributed by atoms with van der Waals surface area (Å²) in [6.07, 6.45) is 5.04. The first-order valence-electron chi connectivity index (χ1n) is 5.93. The van der Waals surface area contributed by atoms with Crippen molar-refractivity contribution in [3.05, 3.63) is 35.1 Å². The van der Waals surface area contributed by atoms with Crippen LogP contribution in [-0.2, 0) is 0 Å². The van der Waals surface area contributed by atoms with Gasteiger partial charge in [-0.1, -0.05) is 31.9 Å². The number of benzene rings is 1. The molecule has 1 fully saturated rings. The fourth-order valence-corrected chi connectivity index (χ4v) is 2.46. The Bertz CT molecular complexity index is 335. The lowest BCUT2D eigenvalue weighted by molar-refractivity contribution is 0.347. The second kappa shape index (κ2) is 4.34. The number of rotatable bonds is 1. The van der Waals surface area contributed by atoms with Crippen LogP contribution in [0.25, 0.3) is 0 Å². The third-order valence-corrected chi connectivity index (χ3v) is 3.68. The summed E-state index contributed by atoms with van der Waals surface area (Å²) in [5.74, 6) is 1.40. The minimum absolute atomic E-state index is 0.0499. The van der Waals surface area contributed by atoms with Gasteiger partial charge in [-0.2, -0.15) is 0 Å². The van der Waals surface area contributed by atoms with Gasteiger partial charge < -0.3 is 0 Å². The Morgan fingerprint density at radius 2 is 1.80 bits per heavy atom. The molecule has 1 aliphatic carbocycles. The highest BCUT2D eigenvalue weighted by molar-refractivity contribution is 5.26. The lowest BCUT2D eigenvalue weighted by Gasteiger charge is -2.26. The third-order valence-electron chi connectivity index (χ3n) is 3.68. The molecule has 0 N–H and O–H groups in total. The van der Waals surface area contributed by atoms with Crippen LogP contribution < -0.4 is 0 Å². The van der Waals surface area contributed by atoms with Crippen molar-refractivity contribution < 1.29 is 4.39 Å². The first kappa shape index (κ1) is 10.7. The molecule has 0 nitrogen and oxygen atoms in total. The Kier molecular flexibility index (Phi) is 3.08. The van der Waals surface area contributed by atoms with Crippen molar-refractivity contribution in [3.63, 3.8) is 0 Å². The summed E-state index contributed by atoms with van der Waals surface area (Å²) in [7, 11) is 0. The Hall–Kier alpha value is -0.850. The maximum absolute atomic E-state index is 13.4. The standard InChI is InChI=1S/C14H19F/c1-10-3-6-12(7-4-10)13-8-5-11(2)14(15)9-13/h5,8-10,12H,3-4,6-7H2,1-2H3. The van der Waals surface area contributed by atoms with E-state index in [0.29, 0.717) is 5.92 Å². The highest BCUT2D eigenvalue weighted by Crippen LogP contribution is 2.35. The smallest absolute Gasteiger partial charge is 0.126 e. The van der Waals surface area contributed by atoms with Gasteiger partial charge in [0.25, 0.3) is 0 Å². The van der Waals surface area contributed by atoms with Crippen LogP contribution >= 0.6 is 0 Å². The lowest BCUT2D eigenvalue weighted by Crippen LogP contribution is -2.11. The molecule has 0 amide bonds. The van der Waals surface area contributed by atoms with Gasteiger partial charge >= 0.3 is 0 Å². The summed E-state index contributed by atoms with van der Waals surface area (Å²) in [6.45, 7) is 4.13. The van der Waals surface area contributed by atoms with Crippen molar-refractivity contribution >= 4 is 0 Å². The Morgan fingerprint density at radius 1 is 1.13 bits per heavy atom. The van der Waals surface area contributed by atoms with Gasteiger partial charge in [-0.05, 0) is 48.8 Å². The second-order valence-electron chi connectivity index (χ2n) is 4.97. The topological polar surface area (TPSA) is 0 Å². The summed E-state index contributed by atoms with van der Waals surface area (Å²) in [6, 6.07) is 5.73. The monoisotopic (exact) mass is 206 g/mol. The normalized spacial score (nSPS) is 26.6. The molecule has 0 bridgehead atoms. The third kappa shape index (κ3) is 2.39. The van der Waals surface area contributed by atoms with Crippen molar-refractivity contribution in [2.75, 3.05) is 0 Å². The van der Waals surface area contributed by atoms with E-state index in [4.69, 9.17) is 0 Å². The van der Waals surface area contributed by atoms with Crippen LogP contribution in [0.5, 0.6) is 0 Å². The summed E-state index contributed by atoms with van der Waals surface area (Å²) in [5.41, 5.74) is 1.95. The summed E-state index contributed by atoms with van der Waals surface area (Å²) < 4.78 is 13.4. The average Bonchev–Trinajstić information content (AvgIpc) is 2.23. The molecule has 1 saturated carbocycles. The second-order valence-corrected chi connectivity index (χ2v) is 4.97. The number of halogens is 1. The van der Waals surface area contributed by atoms with Gasteiger partial charge in [-0.3, -0.25) is 0 Å². The molecule has 1 aromatic rings. The molecular formula is C14H19F. The van der Waals surface area contributed by atoms with Gasteiger partial charge in [-0.15, -0.1) is 0 Å². The Balaban J connectivity index is 2.12. The van der Waals surface area contributed by atoms with E-state index in [1.54, 1.807) is 6.07 Å². The molecule has 0 radical (unpaired) electrons. The number of hydrogen-bond donors (Lipinski definition) is 0. The van der Waals surface area contributed by atoms with Crippen molar-refractivity contribution in [3.8, 4) is 0 Å². The van der Waals surface area contributed by atoms with Gasteiger partial charge in [-0.25, -0.2) is 4.39 Å². The summed E-state index contributed by atoms with van der Waals surface area (Å²) in [5, 5.41) is 0. The predicted octanol–water partition coefficient (Wildman–Crippen LogP) is 4.43. The molecule has 0 saturated heterocycles. The zero-order chi connectivity index (χ0) is 10.8. The largest absolute Gasteiger partial charge is 0.207 e. The molecule has 0 atom stereocenters. The van der Waals surface area contributed by atoms with Crippen molar-refractivity contribution in [1.82, 2.24) is 0 Å². The van der Waals surface area contributed by atoms with Gasteiger partial charge in [0.15, 0.2) is 0 Å². The van der Waals surface area contributed by atoms with Gasteiger partial charge in [0.1, 0.15) is 5.82 Å². The van der Waals surface area contributed by atoms with E-state index in [-0.39, 0.29) is 5.82 Å². The molecule has 82 valence electrons. The molecule has 0 unspecified atom stereocenters. The van der Waals surface area contributed by atoms with Gasteiger partial charge in [0.2, 0.25) is 0 Å². The molecule has 1 aliphatic rings. The van der Waals surface area contributed by atoms with Crippen LogP contribution in [0.4, 0.5) is 4.39 Å². The predicted molar refractivity (Wildman–Crippen MR) is 61.5 cm³/mol. The average molecular weight is 206 g/mol. The van der Waals surface area contributed by atoms with Crippen LogP contribution in [0.3, 0.4) is 0 Å². The van der Waals surface area contributed by atoms with Gasteiger partial charge in [0.05, 0.1) is 0 Å². The van der Waals surface area contributed by atoms with E-state index in [9.17, 15) is 4.39 Å². The minimum atomic E-state index is -0.0499. The fourth-order valence-electron chi connectivity index (χ4n) is 2.46. The number of aryl methyl sites for hydroxylation is 1. The maximum Gasteiger partial charge on any atom is 0.126 e. The minimum Gasteiger partial charge on any atom is -0.207 e. The zero-order valence-corrected chi connectivity index (χ0v) is 9.59. The van der Waals surface area contributed by atoms with E-state index in [1.165, 1.54) is 31.2 Å². The van der Waals surface area contributed by atoms with Crippen molar-refractivity contribution in [2.24, 2.45) is 5.92 Å². The first-order valence-corrected chi connectivity index (χ1v) is 5.93. The van der Waals surface area contributed by atoms with Crippen LogP contribution in [0.15, 0.2) is 18.2 Å². The molecule has 0 aliphatic heterocycles. The first-order chi connectivity index (χ1) is 7.16. The van der Waals surface area contributed by atoms with E-state index < -0.39 is 0 Å². The maximum atomic E-state index is 13.4. The van der Waals surface area contributed by atoms with Crippen LogP contribution in [-0.4, -0.2) is 0 Å². The highest BCUT2D eigenvalue weighted by Gasteiger charge is 2.20. The number of hydrogen-bond acceptors (Lipinski definition) is 0. The Labute approximate surface area is 91.5 Å². The van der Waals surface area contributed by atoms with Crippen LogP contribution in [0, 0.1) is 18.7 Å². The van der Waals surface area contributed by atoms with E-state index in [2.05, 4.69) is 13.0 Å². The molecule has 0 heterocycles. The van der Waals surface area contributed by atoms with E-state index in [0.717, 1.165) is 11.5 Å². The molecule has 1 heteroatoms. The lowest BCUT2D eigenvalue weighted by atomic mass is 9.79. The SMILES string of the molecule is Cc1ccc(C2CCC(C)CC2)cc1F. The van der Waals surface area contributed by atoms with Gasteiger partial charge in [0, 0.05) is 0 Å². The molecule has 0 aromatic heterocycles. The molecule has 15 heavy (non-hydrogen) atoms. The van der Waals surface area contributed by atoms with E-state index >= 15 is 0 Å². The van der Waals surface area contributed by atoms with Crippen molar-refractivity contribution in [2.45, 2.75) is 45.4 Å². The molecular weight excluding hydrogens is 187 g/mol. The van der Waals surface area contributed by atoms with Crippen LogP contribution in [0.1, 0.15) is 49.7 Å². The van der Waals surface area contributed by atoms with Crippen molar-refractivity contribution in [1.29, 1.82) is 0 Å². The summed E-state index contributed by atoms with van der Waals surface area (Å²) in [4.78, 5) is 0. The fraction of sp³-hybridized carbons (Fsp3) is 0.571. The molecule has 1 aromatic carbocycles. The van der Waals surface area contributed by atoms with E-state index in [1.807, 2.05) is 13.0 Å². The molecule has 2 rings (SSSR count). The highest BCUT2D eigenvalue weighted by atomic mass is 19.1.